The number of halogens is 2. The summed E-state index contributed by atoms with van der Waals surface area (Å²) in [5.74, 6) is 0.645. The summed E-state index contributed by atoms with van der Waals surface area (Å²) in [5.41, 5.74) is 0. The van der Waals surface area contributed by atoms with Gasteiger partial charge in [-0.3, -0.25) is 0 Å². The van der Waals surface area contributed by atoms with E-state index < -0.39 is 6.17 Å². The second-order valence-electron chi connectivity index (χ2n) is 2.49. The lowest BCUT2D eigenvalue weighted by Crippen LogP contribution is -2.09. The second kappa shape index (κ2) is 5.02. The molecule has 0 spiro atoms. The predicted octanol–water partition coefficient (Wildman–Crippen LogP) is 3.35. The first kappa shape index (κ1) is 10.3. The van der Waals surface area contributed by atoms with Gasteiger partial charge in [-0.2, -0.15) is 0 Å². The summed E-state index contributed by atoms with van der Waals surface area (Å²) in [6.07, 6.45) is 0.101. The Bertz CT molecular complexity index is 288. The summed E-state index contributed by atoms with van der Waals surface area (Å²) < 4.78 is 18.7. The van der Waals surface area contributed by atoms with E-state index in [1.807, 2.05) is 18.2 Å². The van der Waals surface area contributed by atoms with Crippen molar-refractivity contribution in [2.45, 2.75) is 6.17 Å². The van der Waals surface area contributed by atoms with Crippen molar-refractivity contribution in [3.63, 3.8) is 0 Å². The van der Waals surface area contributed by atoms with E-state index in [-0.39, 0.29) is 6.61 Å². The Morgan fingerprint density at radius 3 is 2.85 bits per heavy atom. The van der Waals surface area contributed by atoms with Gasteiger partial charge < -0.3 is 4.74 Å². The quantitative estimate of drug-likeness (QED) is 0.739. The van der Waals surface area contributed by atoms with Crippen LogP contribution >= 0.6 is 15.9 Å². The average Bonchev–Trinajstić information content (AvgIpc) is 2.16. The van der Waals surface area contributed by atoms with E-state index in [9.17, 15) is 4.39 Å². The molecule has 13 heavy (non-hydrogen) atoms. The molecule has 0 aliphatic heterocycles. The van der Waals surface area contributed by atoms with Gasteiger partial charge in [0.05, 0.1) is 4.47 Å². The Labute approximate surface area is 85.3 Å². The topological polar surface area (TPSA) is 9.23 Å². The molecule has 0 bridgehead atoms. The molecular weight excluding hydrogens is 235 g/mol. The minimum atomic E-state index is -1.12. The molecule has 0 aliphatic rings. The number of alkyl halides is 1. The van der Waals surface area contributed by atoms with Gasteiger partial charge in [0, 0.05) is 0 Å². The van der Waals surface area contributed by atoms with Crippen molar-refractivity contribution in [2.24, 2.45) is 0 Å². The van der Waals surface area contributed by atoms with Crippen molar-refractivity contribution in [2.75, 3.05) is 6.61 Å². The minimum absolute atomic E-state index is 0.00606. The van der Waals surface area contributed by atoms with Crippen molar-refractivity contribution < 1.29 is 9.13 Å². The lowest BCUT2D eigenvalue weighted by Gasteiger charge is -2.08. The van der Waals surface area contributed by atoms with Crippen LogP contribution in [0.2, 0.25) is 0 Å². The molecule has 0 amide bonds. The van der Waals surface area contributed by atoms with Gasteiger partial charge in [0.15, 0.2) is 6.17 Å². The number of ether oxygens (including phenoxy) is 1. The van der Waals surface area contributed by atoms with Crippen LogP contribution < -0.4 is 4.74 Å². The zero-order valence-corrected chi connectivity index (χ0v) is 8.63. The molecule has 3 heteroatoms. The van der Waals surface area contributed by atoms with Crippen molar-refractivity contribution in [1.82, 2.24) is 0 Å². The first-order valence-electron chi connectivity index (χ1n) is 3.88. The summed E-state index contributed by atoms with van der Waals surface area (Å²) in [4.78, 5) is 0. The molecule has 0 aliphatic carbocycles. The molecule has 1 rings (SSSR count). The van der Waals surface area contributed by atoms with Crippen LogP contribution in [-0.2, 0) is 0 Å². The lowest BCUT2D eigenvalue weighted by atomic mass is 10.3. The third-order valence-electron chi connectivity index (χ3n) is 1.49. The van der Waals surface area contributed by atoms with Crippen molar-refractivity contribution in [3.8, 4) is 5.75 Å². The van der Waals surface area contributed by atoms with Gasteiger partial charge >= 0.3 is 0 Å². The van der Waals surface area contributed by atoms with Crippen LogP contribution in [0.25, 0.3) is 0 Å². The molecule has 0 aromatic heterocycles. The van der Waals surface area contributed by atoms with Crippen LogP contribution in [0.15, 0.2) is 41.4 Å². The van der Waals surface area contributed by atoms with Gasteiger partial charge in [0.25, 0.3) is 0 Å². The van der Waals surface area contributed by atoms with E-state index in [1.165, 1.54) is 6.08 Å². The maximum absolute atomic E-state index is 12.7. The summed E-state index contributed by atoms with van der Waals surface area (Å²) in [7, 11) is 0. The van der Waals surface area contributed by atoms with Gasteiger partial charge in [-0.15, -0.1) is 6.58 Å². The van der Waals surface area contributed by atoms with Gasteiger partial charge in [-0.25, -0.2) is 4.39 Å². The number of hydrogen-bond donors (Lipinski definition) is 0. The molecule has 70 valence electrons. The van der Waals surface area contributed by atoms with Crippen molar-refractivity contribution >= 4 is 15.9 Å². The van der Waals surface area contributed by atoms with Crippen LogP contribution in [0.4, 0.5) is 4.39 Å². The van der Waals surface area contributed by atoms with Crippen LogP contribution in [0.5, 0.6) is 5.75 Å². The second-order valence-corrected chi connectivity index (χ2v) is 3.35. The van der Waals surface area contributed by atoms with Crippen LogP contribution in [-0.4, -0.2) is 12.8 Å². The molecule has 1 aromatic rings. The first-order chi connectivity index (χ1) is 6.24. The molecule has 0 heterocycles. The van der Waals surface area contributed by atoms with Crippen LogP contribution in [0.1, 0.15) is 0 Å². The molecule has 0 unspecified atom stereocenters. The van der Waals surface area contributed by atoms with Gasteiger partial charge in [0.1, 0.15) is 12.4 Å². The van der Waals surface area contributed by atoms with E-state index in [1.54, 1.807) is 6.07 Å². The molecule has 1 atom stereocenters. The monoisotopic (exact) mass is 244 g/mol. The standard InChI is InChI=1S/C10H10BrFO/c1-2-8(12)7-13-10-6-4-3-5-9(10)11/h2-6,8H,1,7H2/t8-/m1/s1. The van der Waals surface area contributed by atoms with Gasteiger partial charge in [0.2, 0.25) is 0 Å². The Balaban J connectivity index is 2.54. The summed E-state index contributed by atoms with van der Waals surface area (Å²) >= 11 is 3.30. The van der Waals surface area contributed by atoms with Gasteiger partial charge in [-0.1, -0.05) is 18.2 Å². The fourth-order valence-corrected chi connectivity index (χ4v) is 1.20. The highest BCUT2D eigenvalue weighted by molar-refractivity contribution is 9.10. The number of para-hydroxylation sites is 1. The van der Waals surface area contributed by atoms with E-state index in [4.69, 9.17) is 4.74 Å². The van der Waals surface area contributed by atoms with Gasteiger partial charge in [-0.05, 0) is 28.1 Å². The Hall–Kier alpha value is -0.830. The summed E-state index contributed by atoms with van der Waals surface area (Å²) in [6, 6.07) is 7.33. The van der Waals surface area contributed by atoms with Crippen molar-refractivity contribution in [1.29, 1.82) is 0 Å². The predicted molar refractivity (Wildman–Crippen MR) is 54.7 cm³/mol. The third-order valence-corrected chi connectivity index (χ3v) is 2.15. The SMILES string of the molecule is C=C[C@@H](F)COc1ccccc1Br. The third kappa shape index (κ3) is 3.19. The highest BCUT2D eigenvalue weighted by Gasteiger charge is 2.03. The molecule has 0 fully saturated rings. The van der Waals surface area contributed by atoms with E-state index in [0.29, 0.717) is 5.75 Å². The smallest absolute Gasteiger partial charge is 0.152 e. The minimum Gasteiger partial charge on any atom is -0.489 e. The van der Waals surface area contributed by atoms with Crippen LogP contribution in [0.3, 0.4) is 0 Å². The molecule has 1 aromatic carbocycles. The van der Waals surface area contributed by atoms with Crippen molar-refractivity contribution in [3.05, 3.63) is 41.4 Å². The van der Waals surface area contributed by atoms with E-state index in [2.05, 4.69) is 22.5 Å². The first-order valence-corrected chi connectivity index (χ1v) is 4.67. The van der Waals surface area contributed by atoms with Crippen LogP contribution in [0, 0.1) is 0 Å². The molecule has 0 N–H and O–H groups in total. The average molecular weight is 245 g/mol. The number of rotatable bonds is 4. The molecule has 0 radical (unpaired) electrons. The maximum Gasteiger partial charge on any atom is 0.152 e. The maximum atomic E-state index is 12.7. The highest BCUT2D eigenvalue weighted by Crippen LogP contribution is 2.23. The molecule has 0 saturated carbocycles. The fraction of sp³-hybridized carbons (Fsp3) is 0.200. The zero-order chi connectivity index (χ0) is 9.68. The highest BCUT2D eigenvalue weighted by atomic mass is 79.9. The normalized spacial score (nSPS) is 12.2. The Kier molecular flexibility index (Phi) is 3.96. The number of hydrogen-bond acceptors (Lipinski definition) is 1. The lowest BCUT2D eigenvalue weighted by molar-refractivity contribution is 0.228. The Morgan fingerprint density at radius 2 is 2.23 bits per heavy atom. The zero-order valence-electron chi connectivity index (χ0n) is 7.04. The van der Waals surface area contributed by atoms with E-state index in [0.717, 1.165) is 4.47 Å². The fourth-order valence-electron chi connectivity index (χ4n) is 0.799. The summed E-state index contributed by atoms with van der Waals surface area (Å²) in [5, 5.41) is 0. The van der Waals surface area contributed by atoms with E-state index >= 15 is 0 Å². The largest absolute Gasteiger partial charge is 0.489 e. The summed E-state index contributed by atoms with van der Waals surface area (Å²) in [6.45, 7) is 3.33. The molecule has 0 saturated heterocycles. The molecule has 1 nitrogen and oxygen atoms in total. The molecular formula is C10H10BrFO. The number of benzene rings is 1. The Morgan fingerprint density at radius 1 is 1.54 bits per heavy atom.